The number of fused-ring (bicyclic) bond motifs is 1. The van der Waals surface area contributed by atoms with Crippen LogP contribution in [0.1, 0.15) is 17.1 Å². The van der Waals surface area contributed by atoms with E-state index < -0.39 is 0 Å². The Morgan fingerprint density at radius 2 is 2.00 bits per heavy atom. The average molecular weight is 290 g/mol. The first-order chi connectivity index (χ1) is 10.8. The van der Waals surface area contributed by atoms with Crippen molar-refractivity contribution in [3.05, 3.63) is 66.0 Å². The smallest absolute Gasteiger partial charge is 0.201 e. The number of aromatic nitrogens is 6. The third kappa shape index (κ3) is 2.24. The van der Waals surface area contributed by atoms with Crippen LogP contribution in [0.5, 0.6) is 0 Å². The van der Waals surface area contributed by atoms with Gasteiger partial charge in [-0.2, -0.15) is 5.10 Å². The summed E-state index contributed by atoms with van der Waals surface area (Å²) in [6, 6.07) is 10.2. The summed E-state index contributed by atoms with van der Waals surface area (Å²) in [5.74, 6) is 1.37. The van der Waals surface area contributed by atoms with E-state index in [-0.39, 0.29) is 0 Å². The zero-order valence-corrected chi connectivity index (χ0v) is 12.1. The highest BCUT2D eigenvalue weighted by Gasteiger charge is 2.12. The summed E-state index contributed by atoms with van der Waals surface area (Å²) in [7, 11) is 0. The molecule has 0 aliphatic carbocycles. The van der Waals surface area contributed by atoms with E-state index in [0.717, 1.165) is 29.3 Å². The van der Waals surface area contributed by atoms with Gasteiger partial charge in [0, 0.05) is 25.0 Å². The van der Waals surface area contributed by atoms with Gasteiger partial charge in [-0.3, -0.25) is 5.10 Å². The number of H-pyrrole nitrogens is 1. The van der Waals surface area contributed by atoms with E-state index in [2.05, 4.69) is 32.3 Å². The van der Waals surface area contributed by atoms with Gasteiger partial charge in [0.15, 0.2) is 5.65 Å². The lowest BCUT2D eigenvalue weighted by Crippen LogP contribution is -2.01. The average Bonchev–Trinajstić information content (AvgIpc) is 3.17. The maximum atomic E-state index is 4.72. The molecule has 3 heterocycles. The largest absolute Gasteiger partial charge is 0.303 e. The maximum absolute atomic E-state index is 4.72. The van der Waals surface area contributed by atoms with Crippen molar-refractivity contribution in [2.24, 2.45) is 0 Å². The molecule has 4 rings (SSSR count). The fraction of sp³-hybridized carbons (Fsp3) is 0.125. The molecule has 0 saturated heterocycles. The van der Waals surface area contributed by atoms with Crippen LogP contribution in [0, 0.1) is 6.92 Å². The quantitative estimate of drug-likeness (QED) is 0.629. The Kier molecular flexibility index (Phi) is 2.93. The van der Waals surface area contributed by atoms with Crippen molar-refractivity contribution in [3.63, 3.8) is 0 Å². The van der Waals surface area contributed by atoms with Crippen LogP contribution < -0.4 is 0 Å². The predicted octanol–water partition coefficient (Wildman–Crippen LogP) is 2.41. The molecule has 1 N–H and O–H groups in total. The van der Waals surface area contributed by atoms with Gasteiger partial charge in [0.2, 0.25) is 5.82 Å². The third-order valence-corrected chi connectivity index (χ3v) is 3.48. The van der Waals surface area contributed by atoms with E-state index in [4.69, 9.17) is 4.98 Å². The monoisotopic (exact) mass is 290 g/mol. The summed E-state index contributed by atoms with van der Waals surface area (Å²) in [6.45, 7) is 1.87. The molecule has 22 heavy (non-hydrogen) atoms. The Bertz CT molecular complexity index is 922. The molecular weight excluding hydrogens is 276 g/mol. The summed E-state index contributed by atoms with van der Waals surface area (Å²) in [4.78, 5) is 13.5. The van der Waals surface area contributed by atoms with Gasteiger partial charge in [0.1, 0.15) is 11.5 Å². The Labute approximate surface area is 126 Å². The molecule has 0 amide bonds. The minimum absolute atomic E-state index is 0.599. The van der Waals surface area contributed by atoms with E-state index in [0.29, 0.717) is 5.82 Å². The summed E-state index contributed by atoms with van der Waals surface area (Å²) < 4.78 is 1.96. The second-order valence-corrected chi connectivity index (χ2v) is 5.14. The van der Waals surface area contributed by atoms with Crippen LogP contribution in [-0.4, -0.2) is 29.5 Å². The SMILES string of the molecule is Cc1nc(-c2cn3ccnc3c(Cc3ccccc3)n2)n[nH]1. The van der Waals surface area contributed by atoms with Gasteiger partial charge in [-0.15, -0.1) is 0 Å². The van der Waals surface area contributed by atoms with Crippen molar-refractivity contribution in [1.29, 1.82) is 0 Å². The molecule has 0 spiro atoms. The van der Waals surface area contributed by atoms with Gasteiger partial charge >= 0.3 is 0 Å². The van der Waals surface area contributed by atoms with Crippen molar-refractivity contribution in [1.82, 2.24) is 29.5 Å². The fourth-order valence-corrected chi connectivity index (χ4v) is 2.47. The Balaban J connectivity index is 1.84. The molecule has 0 aliphatic rings. The van der Waals surface area contributed by atoms with Gasteiger partial charge in [0.05, 0.1) is 5.69 Å². The van der Waals surface area contributed by atoms with Crippen LogP contribution >= 0.6 is 0 Å². The van der Waals surface area contributed by atoms with Crippen LogP contribution in [0.4, 0.5) is 0 Å². The summed E-state index contributed by atoms with van der Waals surface area (Å²) in [6.07, 6.45) is 6.31. The number of nitrogens with zero attached hydrogens (tertiary/aromatic N) is 5. The fourth-order valence-electron chi connectivity index (χ4n) is 2.47. The molecule has 0 radical (unpaired) electrons. The number of imidazole rings is 1. The molecule has 6 heteroatoms. The first-order valence-electron chi connectivity index (χ1n) is 7.05. The topological polar surface area (TPSA) is 71.8 Å². The van der Waals surface area contributed by atoms with Crippen LogP contribution in [0.15, 0.2) is 48.9 Å². The van der Waals surface area contributed by atoms with Crippen LogP contribution in [-0.2, 0) is 6.42 Å². The molecule has 0 atom stereocenters. The zero-order chi connectivity index (χ0) is 14.9. The highest BCUT2D eigenvalue weighted by Crippen LogP contribution is 2.18. The van der Waals surface area contributed by atoms with Gasteiger partial charge in [-0.1, -0.05) is 30.3 Å². The molecule has 0 aliphatic heterocycles. The standard InChI is InChI=1S/C16H14N6/c1-11-18-15(21-20-11)14-10-22-8-7-17-16(22)13(19-14)9-12-5-3-2-4-6-12/h2-8,10H,9H2,1H3,(H,18,20,21). The molecule has 1 aromatic carbocycles. The molecular formula is C16H14N6. The first kappa shape index (κ1) is 12.7. The number of hydrogen-bond donors (Lipinski definition) is 1. The lowest BCUT2D eigenvalue weighted by molar-refractivity contribution is 1.00. The number of aromatic amines is 1. The molecule has 108 valence electrons. The van der Waals surface area contributed by atoms with Crippen LogP contribution in [0.2, 0.25) is 0 Å². The van der Waals surface area contributed by atoms with E-state index >= 15 is 0 Å². The van der Waals surface area contributed by atoms with E-state index in [9.17, 15) is 0 Å². The molecule has 0 unspecified atom stereocenters. The lowest BCUT2D eigenvalue weighted by Gasteiger charge is -2.06. The second-order valence-electron chi connectivity index (χ2n) is 5.14. The number of benzene rings is 1. The molecule has 3 aromatic heterocycles. The Morgan fingerprint density at radius 1 is 1.14 bits per heavy atom. The van der Waals surface area contributed by atoms with Gasteiger partial charge in [0.25, 0.3) is 0 Å². The molecule has 0 fully saturated rings. The lowest BCUT2D eigenvalue weighted by atomic mass is 10.1. The molecule has 0 bridgehead atoms. The predicted molar refractivity (Wildman–Crippen MR) is 82.3 cm³/mol. The Morgan fingerprint density at radius 3 is 2.77 bits per heavy atom. The summed E-state index contributed by atoms with van der Waals surface area (Å²) >= 11 is 0. The Hall–Kier alpha value is -3.02. The summed E-state index contributed by atoms with van der Waals surface area (Å²) in [5, 5.41) is 7.05. The number of hydrogen-bond acceptors (Lipinski definition) is 4. The zero-order valence-electron chi connectivity index (χ0n) is 12.1. The highest BCUT2D eigenvalue weighted by atomic mass is 15.2. The van der Waals surface area contributed by atoms with E-state index in [1.165, 1.54) is 5.56 Å². The number of aryl methyl sites for hydroxylation is 1. The molecule has 4 aromatic rings. The van der Waals surface area contributed by atoms with E-state index in [1.54, 1.807) is 6.20 Å². The minimum atomic E-state index is 0.599. The van der Waals surface area contributed by atoms with Crippen molar-refractivity contribution in [2.45, 2.75) is 13.3 Å². The van der Waals surface area contributed by atoms with Crippen LogP contribution in [0.3, 0.4) is 0 Å². The van der Waals surface area contributed by atoms with Gasteiger partial charge < -0.3 is 4.40 Å². The van der Waals surface area contributed by atoms with Crippen molar-refractivity contribution in [3.8, 4) is 11.5 Å². The van der Waals surface area contributed by atoms with Crippen LogP contribution in [0.25, 0.3) is 17.2 Å². The second kappa shape index (κ2) is 5.07. The number of nitrogens with one attached hydrogen (secondary N) is 1. The first-order valence-corrected chi connectivity index (χ1v) is 7.05. The van der Waals surface area contributed by atoms with E-state index in [1.807, 2.05) is 41.9 Å². The molecule has 6 nitrogen and oxygen atoms in total. The molecule has 0 saturated carbocycles. The summed E-state index contributed by atoms with van der Waals surface area (Å²) in [5.41, 5.74) is 3.71. The van der Waals surface area contributed by atoms with Gasteiger partial charge in [-0.05, 0) is 12.5 Å². The van der Waals surface area contributed by atoms with Crippen molar-refractivity contribution < 1.29 is 0 Å². The van der Waals surface area contributed by atoms with Crippen molar-refractivity contribution >= 4 is 5.65 Å². The minimum Gasteiger partial charge on any atom is -0.303 e. The van der Waals surface area contributed by atoms with Gasteiger partial charge in [-0.25, -0.2) is 15.0 Å². The van der Waals surface area contributed by atoms with Crippen molar-refractivity contribution in [2.75, 3.05) is 0 Å². The third-order valence-electron chi connectivity index (χ3n) is 3.48. The maximum Gasteiger partial charge on any atom is 0.201 e. The number of rotatable bonds is 3. The normalized spacial score (nSPS) is 11.1. The highest BCUT2D eigenvalue weighted by molar-refractivity contribution is 5.55.